The lowest BCUT2D eigenvalue weighted by atomic mass is 10.2. The quantitative estimate of drug-likeness (QED) is 0.407. The van der Waals surface area contributed by atoms with E-state index in [1.165, 1.54) is 18.2 Å². The summed E-state index contributed by atoms with van der Waals surface area (Å²) in [6.07, 6.45) is 0. The maximum Gasteiger partial charge on any atom is 0.335 e. The van der Waals surface area contributed by atoms with Crippen molar-refractivity contribution in [3.8, 4) is 5.75 Å². The van der Waals surface area contributed by atoms with Crippen molar-refractivity contribution in [1.29, 1.82) is 0 Å². The number of para-hydroxylation sites is 2. The number of anilines is 3. The van der Waals surface area contributed by atoms with Gasteiger partial charge in [0.2, 0.25) is 0 Å². The molecule has 0 atom stereocenters. The van der Waals surface area contributed by atoms with Gasteiger partial charge < -0.3 is 15.5 Å². The van der Waals surface area contributed by atoms with Gasteiger partial charge in [0, 0.05) is 5.69 Å². The van der Waals surface area contributed by atoms with Crippen LogP contribution in [0.5, 0.6) is 5.75 Å². The zero-order valence-electron chi connectivity index (χ0n) is 16.7. The van der Waals surface area contributed by atoms with Crippen LogP contribution in [0.2, 0.25) is 0 Å². The summed E-state index contributed by atoms with van der Waals surface area (Å²) < 4.78 is 28.3. The highest BCUT2D eigenvalue weighted by molar-refractivity contribution is 7.92. The number of sulfonamides is 1. The number of aromatic nitrogens is 2. The molecule has 0 fully saturated rings. The van der Waals surface area contributed by atoms with Crippen molar-refractivity contribution in [2.45, 2.75) is 11.8 Å². The van der Waals surface area contributed by atoms with E-state index in [1.807, 2.05) is 6.92 Å². The van der Waals surface area contributed by atoms with Gasteiger partial charge in [0.05, 0.1) is 21.5 Å². The van der Waals surface area contributed by atoms with Gasteiger partial charge >= 0.3 is 5.97 Å². The molecule has 9 nitrogen and oxygen atoms in total. The Morgan fingerprint density at radius 1 is 0.938 bits per heavy atom. The van der Waals surface area contributed by atoms with Crippen LogP contribution in [-0.2, 0) is 10.0 Å². The molecule has 32 heavy (non-hydrogen) atoms. The Hall–Kier alpha value is -4.18. The van der Waals surface area contributed by atoms with Crippen molar-refractivity contribution in [2.75, 3.05) is 10.0 Å². The molecule has 3 N–H and O–H groups in total. The largest absolute Gasteiger partial charge is 0.872 e. The highest BCUT2D eigenvalue weighted by atomic mass is 32.2. The van der Waals surface area contributed by atoms with E-state index in [9.17, 15) is 18.3 Å². The SMILES string of the molecule is Cc1ccc(S(=O)(=O)Nc2nc3ccccc3nc2Nc2ccc(C(=O)O)c([O-])c2)cc1. The number of aromatic carboxylic acids is 1. The number of nitrogens with zero attached hydrogens (tertiary/aromatic N) is 2. The molecule has 0 bridgehead atoms. The molecule has 162 valence electrons. The van der Waals surface area contributed by atoms with Crippen molar-refractivity contribution < 1.29 is 23.4 Å². The predicted octanol–water partition coefficient (Wildman–Crippen LogP) is 3.25. The van der Waals surface area contributed by atoms with Crippen molar-refractivity contribution in [1.82, 2.24) is 9.97 Å². The first-order valence-electron chi connectivity index (χ1n) is 9.40. The van der Waals surface area contributed by atoms with Crippen LogP contribution >= 0.6 is 0 Å². The molecule has 1 aromatic heterocycles. The van der Waals surface area contributed by atoms with Crippen LogP contribution in [0.25, 0.3) is 11.0 Å². The maximum atomic E-state index is 12.9. The topological polar surface area (TPSA) is 144 Å². The highest BCUT2D eigenvalue weighted by Gasteiger charge is 2.19. The molecule has 0 radical (unpaired) electrons. The smallest absolute Gasteiger partial charge is 0.335 e. The molecule has 0 unspecified atom stereocenters. The number of carbonyl (C=O) groups is 1. The van der Waals surface area contributed by atoms with Gasteiger partial charge in [-0.25, -0.2) is 23.2 Å². The standard InChI is InChI=1S/C22H18N4O5S/c1-13-6-9-15(10-7-13)32(30,31)26-21-20(24-17-4-2-3-5-18(17)25-21)23-14-8-11-16(22(28)29)19(27)12-14/h2-12,27H,1H3,(H,23,24)(H,25,26)(H,28,29)/p-1. The maximum absolute atomic E-state index is 12.9. The van der Waals surface area contributed by atoms with Crippen molar-refractivity contribution in [2.24, 2.45) is 0 Å². The van der Waals surface area contributed by atoms with Crippen LogP contribution in [0.3, 0.4) is 0 Å². The summed E-state index contributed by atoms with van der Waals surface area (Å²) in [5.74, 6) is -2.04. The fraction of sp³-hybridized carbons (Fsp3) is 0.0455. The molecule has 4 rings (SSSR count). The van der Waals surface area contributed by atoms with Gasteiger partial charge in [-0.1, -0.05) is 35.6 Å². The first-order chi connectivity index (χ1) is 15.2. The fourth-order valence-corrected chi connectivity index (χ4v) is 3.98. The number of aryl methyl sites for hydroxylation is 1. The average Bonchev–Trinajstić information content (AvgIpc) is 2.74. The van der Waals surface area contributed by atoms with E-state index in [0.717, 1.165) is 17.7 Å². The van der Waals surface area contributed by atoms with Crippen LogP contribution < -0.4 is 15.1 Å². The normalized spacial score (nSPS) is 11.3. The summed E-state index contributed by atoms with van der Waals surface area (Å²) in [7, 11) is -3.97. The Morgan fingerprint density at radius 3 is 2.16 bits per heavy atom. The number of hydrogen-bond donors (Lipinski definition) is 3. The molecular formula is C22H17N4O5S-. The number of hydrogen-bond acceptors (Lipinski definition) is 7. The molecule has 3 aromatic carbocycles. The third-order valence-corrected chi connectivity index (χ3v) is 5.96. The molecule has 0 amide bonds. The highest BCUT2D eigenvalue weighted by Crippen LogP contribution is 2.29. The lowest BCUT2D eigenvalue weighted by molar-refractivity contribution is -0.268. The summed E-state index contributed by atoms with van der Waals surface area (Å²) in [5.41, 5.74) is 1.74. The molecular weight excluding hydrogens is 432 g/mol. The third kappa shape index (κ3) is 4.30. The first kappa shape index (κ1) is 21.1. The Bertz CT molecular complexity index is 1440. The van der Waals surface area contributed by atoms with E-state index in [1.54, 1.807) is 36.4 Å². The lowest BCUT2D eigenvalue weighted by Crippen LogP contribution is -2.16. The van der Waals surface area contributed by atoms with Gasteiger partial charge in [-0.3, -0.25) is 4.72 Å². The minimum absolute atomic E-state index is 0.0525. The summed E-state index contributed by atoms with van der Waals surface area (Å²) in [6, 6.07) is 16.9. The van der Waals surface area contributed by atoms with Crippen LogP contribution in [0.15, 0.2) is 71.6 Å². The molecule has 0 aliphatic carbocycles. The van der Waals surface area contributed by atoms with Gasteiger partial charge in [0.15, 0.2) is 11.6 Å². The third-order valence-electron chi connectivity index (χ3n) is 4.61. The zero-order valence-corrected chi connectivity index (χ0v) is 17.6. The molecule has 0 aliphatic heterocycles. The second kappa shape index (κ2) is 8.16. The minimum Gasteiger partial charge on any atom is -0.872 e. The van der Waals surface area contributed by atoms with E-state index >= 15 is 0 Å². The van der Waals surface area contributed by atoms with Gasteiger partial charge in [0.1, 0.15) is 0 Å². The van der Waals surface area contributed by atoms with Crippen LogP contribution in [0.1, 0.15) is 15.9 Å². The van der Waals surface area contributed by atoms with Gasteiger partial charge in [-0.05, 0) is 49.4 Å². The summed E-state index contributed by atoms with van der Waals surface area (Å²) in [6.45, 7) is 1.85. The summed E-state index contributed by atoms with van der Waals surface area (Å²) >= 11 is 0. The van der Waals surface area contributed by atoms with Crippen LogP contribution in [0, 0.1) is 6.92 Å². The van der Waals surface area contributed by atoms with E-state index in [4.69, 9.17) is 5.11 Å². The average molecular weight is 449 g/mol. The Morgan fingerprint density at radius 2 is 1.56 bits per heavy atom. The number of benzene rings is 3. The zero-order chi connectivity index (χ0) is 22.9. The van der Waals surface area contributed by atoms with Gasteiger partial charge in [0.25, 0.3) is 10.0 Å². The number of rotatable bonds is 6. The molecule has 0 saturated carbocycles. The molecule has 0 saturated heterocycles. The lowest BCUT2D eigenvalue weighted by Gasteiger charge is -2.16. The number of carboxylic acid groups (broad SMARTS) is 1. The van der Waals surface area contributed by atoms with Crippen molar-refractivity contribution in [3.05, 3.63) is 77.9 Å². The monoisotopic (exact) mass is 449 g/mol. The molecule has 0 spiro atoms. The summed E-state index contributed by atoms with van der Waals surface area (Å²) in [5, 5.41) is 23.9. The van der Waals surface area contributed by atoms with Crippen LogP contribution in [-0.4, -0.2) is 29.5 Å². The fourth-order valence-electron chi connectivity index (χ4n) is 2.98. The van der Waals surface area contributed by atoms with Crippen LogP contribution in [0.4, 0.5) is 17.3 Å². The number of carboxylic acids is 1. The molecule has 0 aliphatic rings. The molecule has 1 heterocycles. The Kier molecular flexibility index (Phi) is 5.37. The van der Waals surface area contributed by atoms with Crippen molar-refractivity contribution >= 4 is 44.3 Å². The molecule has 10 heteroatoms. The van der Waals surface area contributed by atoms with E-state index in [-0.39, 0.29) is 27.8 Å². The van der Waals surface area contributed by atoms with Crippen molar-refractivity contribution in [3.63, 3.8) is 0 Å². The van der Waals surface area contributed by atoms with E-state index in [2.05, 4.69) is 20.0 Å². The van der Waals surface area contributed by atoms with E-state index < -0.39 is 21.7 Å². The predicted molar refractivity (Wildman–Crippen MR) is 118 cm³/mol. The number of fused-ring (bicyclic) bond motifs is 1. The first-order valence-corrected chi connectivity index (χ1v) is 10.9. The van der Waals surface area contributed by atoms with Gasteiger partial charge in [-0.15, -0.1) is 0 Å². The molecule has 4 aromatic rings. The summed E-state index contributed by atoms with van der Waals surface area (Å²) in [4.78, 5) is 19.9. The minimum atomic E-state index is -3.97. The second-order valence-corrected chi connectivity index (χ2v) is 8.65. The van der Waals surface area contributed by atoms with Gasteiger partial charge in [-0.2, -0.15) is 0 Å². The van der Waals surface area contributed by atoms with E-state index in [0.29, 0.717) is 11.0 Å². The number of nitrogens with one attached hydrogen (secondary N) is 2. The Balaban J connectivity index is 1.76. The second-order valence-electron chi connectivity index (χ2n) is 6.97. The Labute approximate surface area is 183 Å².